The van der Waals surface area contributed by atoms with Crippen LogP contribution in [0.25, 0.3) is 11.1 Å². The molecule has 1 fully saturated rings. The minimum absolute atomic E-state index is 0.0153. The number of nitrogens with one attached hydrogen (secondary N) is 2. The Morgan fingerprint density at radius 3 is 2.38 bits per heavy atom. The largest absolute Gasteiger partial charge is 0.436 e. The summed E-state index contributed by atoms with van der Waals surface area (Å²) in [5, 5.41) is 9.57. The van der Waals surface area contributed by atoms with Gasteiger partial charge in [0, 0.05) is 28.8 Å². The van der Waals surface area contributed by atoms with Gasteiger partial charge in [0.2, 0.25) is 0 Å². The lowest BCUT2D eigenvalue weighted by molar-refractivity contribution is -0.128. The molecule has 174 valence electrons. The maximum atomic E-state index is 13.1. The molecular weight excluding hydrogens is 408 g/mol. The van der Waals surface area contributed by atoms with Gasteiger partial charge in [0.05, 0.1) is 5.69 Å². The number of ether oxygens (including phenoxy) is 1. The van der Waals surface area contributed by atoms with Crippen molar-refractivity contribution in [1.82, 2.24) is 15.5 Å². The van der Waals surface area contributed by atoms with Crippen LogP contribution in [0, 0.1) is 25.7 Å². The van der Waals surface area contributed by atoms with Crippen molar-refractivity contribution in [2.24, 2.45) is 11.8 Å². The first-order valence-electron chi connectivity index (χ1n) is 11.2. The van der Waals surface area contributed by atoms with Crippen LogP contribution in [0.3, 0.4) is 0 Å². The van der Waals surface area contributed by atoms with Crippen LogP contribution in [0.4, 0.5) is 10.6 Å². The minimum atomic E-state index is -0.867. The van der Waals surface area contributed by atoms with Crippen LogP contribution in [-0.4, -0.2) is 33.8 Å². The molecule has 1 unspecified atom stereocenters. The molecule has 2 aromatic heterocycles. The zero-order valence-corrected chi connectivity index (χ0v) is 19.8. The van der Waals surface area contributed by atoms with Gasteiger partial charge in [-0.15, -0.1) is 0 Å². The van der Waals surface area contributed by atoms with Crippen LogP contribution >= 0.6 is 0 Å². The Bertz CT molecular complexity index is 918. The second-order valence-corrected chi connectivity index (χ2v) is 9.84. The summed E-state index contributed by atoms with van der Waals surface area (Å²) in [5.41, 5.74) is 2.09. The Labute approximate surface area is 189 Å². The van der Waals surface area contributed by atoms with Crippen molar-refractivity contribution in [2.75, 3.05) is 5.32 Å². The van der Waals surface area contributed by atoms with Crippen LogP contribution in [0.5, 0.6) is 0 Å². The highest BCUT2D eigenvalue weighted by Gasteiger charge is 2.35. The standard InChI is InChI=1S/C24H34N4O4/c1-14-7-9-17(10-8-14)21(31-23(30)27-24(4,5)6)22(29)26-19-12-11-18(13-25-19)20-15(2)28-32-16(20)3/h11-14,17,21H,7-10H2,1-6H3,(H,27,30)(H,25,26,29). The summed E-state index contributed by atoms with van der Waals surface area (Å²) in [4.78, 5) is 29.9. The van der Waals surface area contributed by atoms with Crippen molar-refractivity contribution < 1.29 is 18.8 Å². The Balaban J connectivity index is 1.73. The zero-order chi connectivity index (χ0) is 23.5. The minimum Gasteiger partial charge on any atom is -0.436 e. The highest BCUT2D eigenvalue weighted by molar-refractivity contribution is 5.95. The van der Waals surface area contributed by atoms with E-state index in [0.717, 1.165) is 42.5 Å². The molecule has 0 aromatic carbocycles. The van der Waals surface area contributed by atoms with Gasteiger partial charge in [0.1, 0.15) is 11.6 Å². The van der Waals surface area contributed by atoms with E-state index in [9.17, 15) is 9.59 Å². The molecule has 1 atom stereocenters. The summed E-state index contributed by atoms with van der Waals surface area (Å²) < 4.78 is 10.9. The van der Waals surface area contributed by atoms with E-state index in [1.807, 2.05) is 40.7 Å². The fourth-order valence-corrected chi connectivity index (χ4v) is 4.11. The molecule has 2 heterocycles. The van der Waals surface area contributed by atoms with Crippen LogP contribution in [0.1, 0.15) is 64.8 Å². The van der Waals surface area contributed by atoms with Crippen molar-refractivity contribution in [1.29, 1.82) is 0 Å². The number of hydrogen-bond acceptors (Lipinski definition) is 6. The SMILES string of the molecule is Cc1noc(C)c1-c1ccc(NC(=O)C(OC(=O)NC(C)(C)C)C2CCC(C)CC2)nc1. The Morgan fingerprint density at radius 1 is 1.16 bits per heavy atom. The van der Waals surface area contributed by atoms with Gasteiger partial charge in [0.15, 0.2) is 6.10 Å². The summed E-state index contributed by atoms with van der Waals surface area (Å²) >= 11 is 0. The molecule has 2 amide bonds. The summed E-state index contributed by atoms with van der Waals surface area (Å²) in [6.07, 6.45) is 3.95. The summed E-state index contributed by atoms with van der Waals surface area (Å²) in [5.74, 6) is 1.37. The number of hydrogen-bond donors (Lipinski definition) is 2. The van der Waals surface area contributed by atoms with Crippen LogP contribution in [-0.2, 0) is 9.53 Å². The van der Waals surface area contributed by atoms with E-state index in [1.165, 1.54) is 0 Å². The molecule has 0 radical (unpaired) electrons. The lowest BCUT2D eigenvalue weighted by Crippen LogP contribution is -2.47. The molecule has 2 aromatic rings. The van der Waals surface area contributed by atoms with Crippen molar-refractivity contribution >= 4 is 17.8 Å². The molecular formula is C24H34N4O4. The van der Waals surface area contributed by atoms with Crippen molar-refractivity contribution in [3.8, 4) is 11.1 Å². The number of amides is 2. The third-order valence-corrected chi connectivity index (χ3v) is 5.79. The molecule has 0 spiro atoms. The lowest BCUT2D eigenvalue weighted by atomic mass is 9.80. The van der Waals surface area contributed by atoms with Crippen LogP contribution in [0.2, 0.25) is 0 Å². The normalized spacial score (nSPS) is 19.8. The third kappa shape index (κ3) is 6.08. The first-order chi connectivity index (χ1) is 15.0. The maximum Gasteiger partial charge on any atom is 0.408 e. The van der Waals surface area contributed by atoms with E-state index in [4.69, 9.17) is 9.26 Å². The lowest BCUT2D eigenvalue weighted by Gasteiger charge is -2.32. The van der Waals surface area contributed by atoms with Gasteiger partial charge in [-0.1, -0.05) is 24.9 Å². The van der Waals surface area contributed by atoms with Gasteiger partial charge in [-0.25, -0.2) is 9.78 Å². The smallest absolute Gasteiger partial charge is 0.408 e. The van der Waals surface area contributed by atoms with E-state index in [2.05, 4.69) is 27.7 Å². The number of aromatic nitrogens is 2. The number of pyridine rings is 1. The number of anilines is 1. The van der Waals surface area contributed by atoms with E-state index in [0.29, 0.717) is 17.5 Å². The Hall–Kier alpha value is -2.90. The number of nitrogens with zero attached hydrogens (tertiary/aromatic N) is 2. The van der Waals surface area contributed by atoms with Gasteiger partial charge in [-0.05, 0) is 65.5 Å². The van der Waals surface area contributed by atoms with Gasteiger partial charge < -0.3 is 19.9 Å². The first-order valence-corrected chi connectivity index (χ1v) is 11.2. The predicted molar refractivity (Wildman–Crippen MR) is 122 cm³/mol. The second-order valence-electron chi connectivity index (χ2n) is 9.84. The molecule has 8 nitrogen and oxygen atoms in total. The average molecular weight is 443 g/mol. The molecule has 0 saturated heterocycles. The number of carbonyl (C=O) groups excluding carboxylic acids is 2. The second kappa shape index (κ2) is 9.71. The van der Waals surface area contributed by atoms with Crippen LogP contribution < -0.4 is 10.6 Å². The van der Waals surface area contributed by atoms with Crippen LogP contribution in [0.15, 0.2) is 22.9 Å². The molecule has 8 heteroatoms. The van der Waals surface area contributed by atoms with Crippen molar-refractivity contribution in [2.45, 2.75) is 78.9 Å². The third-order valence-electron chi connectivity index (χ3n) is 5.79. The van der Waals surface area contributed by atoms with Crippen molar-refractivity contribution in [3.63, 3.8) is 0 Å². The Kier molecular flexibility index (Phi) is 7.21. The van der Waals surface area contributed by atoms with E-state index in [1.54, 1.807) is 12.3 Å². The Morgan fingerprint density at radius 2 is 1.84 bits per heavy atom. The van der Waals surface area contributed by atoms with Gasteiger partial charge in [0.25, 0.3) is 5.91 Å². The average Bonchev–Trinajstić information content (AvgIpc) is 3.04. The highest BCUT2D eigenvalue weighted by atomic mass is 16.6. The highest BCUT2D eigenvalue weighted by Crippen LogP contribution is 2.32. The number of aryl methyl sites for hydroxylation is 2. The van der Waals surface area contributed by atoms with Gasteiger partial charge in [-0.3, -0.25) is 4.79 Å². The molecule has 1 saturated carbocycles. The molecule has 1 aliphatic rings. The quantitative estimate of drug-likeness (QED) is 0.674. The fourth-order valence-electron chi connectivity index (χ4n) is 4.11. The number of alkyl carbamates (subject to hydrolysis) is 1. The molecule has 3 rings (SSSR count). The number of carbonyl (C=O) groups is 2. The van der Waals surface area contributed by atoms with E-state index in [-0.39, 0.29) is 11.8 Å². The number of rotatable bonds is 5. The predicted octanol–water partition coefficient (Wildman–Crippen LogP) is 5.01. The van der Waals surface area contributed by atoms with E-state index < -0.39 is 17.7 Å². The monoisotopic (exact) mass is 442 g/mol. The van der Waals surface area contributed by atoms with Crippen molar-refractivity contribution in [3.05, 3.63) is 29.8 Å². The van der Waals surface area contributed by atoms with Gasteiger partial charge >= 0.3 is 6.09 Å². The first kappa shape index (κ1) is 23.8. The molecule has 32 heavy (non-hydrogen) atoms. The molecule has 0 bridgehead atoms. The maximum absolute atomic E-state index is 13.1. The summed E-state index contributed by atoms with van der Waals surface area (Å²) in [6, 6.07) is 3.59. The molecule has 2 N–H and O–H groups in total. The molecule has 1 aliphatic carbocycles. The summed E-state index contributed by atoms with van der Waals surface area (Å²) in [6.45, 7) is 11.5. The van der Waals surface area contributed by atoms with Gasteiger partial charge in [-0.2, -0.15) is 0 Å². The fraction of sp³-hybridized carbons (Fsp3) is 0.583. The topological polar surface area (TPSA) is 106 Å². The zero-order valence-electron chi connectivity index (χ0n) is 19.8. The molecule has 0 aliphatic heterocycles. The summed E-state index contributed by atoms with van der Waals surface area (Å²) in [7, 11) is 0. The van der Waals surface area contributed by atoms with E-state index >= 15 is 0 Å².